The van der Waals surface area contributed by atoms with Gasteiger partial charge >= 0.3 is 30.0 Å². The van der Waals surface area contributed by atoms with E-state index in [4.69, 9.17) is 9.47 Å². The van der Waals surface area contributed by atoms with Crippen molar-refractivity contribution >= 4 is 0 Å². The monoisotopic (exact) mass is 461 g/mol. The maximum absolute atomic E-state index is 14.6. The van der Waals surface area contributed by atoms with E-state index in [1.54, 1.807) is 38.1 Å². The third-order valence-corrected chi connectivity index (χ3v) is 4.14. The molecule has 1 aromatic heterocycles. The summed E-state index contributed by atoms with van der Waals surface area (Å²) in [6.07, 6.45) is -12.8. The second-order valence-corrected chi connectivity index (χ2v) is 6.71. The molecule has 32 heavy (non-hydrogen) atoms. The van der Waals surface area contributed by atoms with Crippen molar-refractivity contribution in [2.45, 2.75) is 31.9 Å². The van der Waals surface area contributed by atoms with E-state index in [9.17, 15) is 30.7 Å². The van der Waals surface area contributed by atoms with Gasteiger partial charge in [-0.15, -0.1) is 4.98 Å². The van der Waals surface area contributed by atoms with Gasteiger partial charge in [0.1, 0.15) is 11.5 Å². The first-order valence-electron chi connectivity index (χ1n) is 8.87. The van der Waals surface area contributed by atoms with Gasteiger partial charge in [-0.05, 0) is 38.1 Å². The molecule has 3 rings (SSSR count). The Kier molecular flexibility index (Phi) is 5.98. The predicted molar refractivity (Wildman–Crippen MR) is 97.2 cm³/mol. The summed E-state index contributed by atoms with van der Waals surface area (Å²) < 4.78 is 104. The van der Waals surface area contributed by atoms with Crippen LogP contribution in [0.3, 0.4) is 0 Å². The second-order valence-electron chi connectivity index (χ2n) is 6.71. The van der Waals surface area contributed by atoms with Crippen LogP contribution in [0.2, 0.25) is 0 Å². The van der Waals surface area contributed by atoms with E-state index in [0.717, 1.165) is 11.1 Å². The lowest BCUT2D eigenvalue weighted by Gasteiger charge is -2.28. The quantitative estimate of drug-likeness (QED) is 0.414. The molecule has 2 aromatic carbocycles. The average Bonchev–Trinajstić information content (AvgIpc) is 2.69. The number of alkyl halides is 7. The summed E-state index contributed by atoms with van der Waals surface area (Å²) >= 11 is 0. The third kappa shape index (κ3) is 4.73. The molecule has 0 radical (unpaired) electrons. The minimum Gasteiger partial charge on any atom is -0.424 e. The van der Waals surface area contributed by atoms with Gasteiger partial charge in [0.15, 0.2) is 5.82 Å². The molecule has 0 unspecified atom stereocenters. The first kappa shape index (κ1) is 23.2. The van der Waals surface area contributed by atoms with Crippen molar-refractivity contribution in [3.8, 4) is 23.5 Å². The lowest BCUT2D eigenvalue weighted by atomic mass is 10.0. The normalized spacial score (nSPS) is 12.5. The second kappa shape index (κ2) is 8.24. The van der Waals surface area contributed by atoms with Crippen LogP contribution in [0.15, 0.2) is 48.5 Å². The summed E-state index contributed by atoms with van der Waals surface area (Å²) in [7, 11) is 0. The fourth-order valence-corrected chi connectivity index (χ4v) is 2.42. The SMILES string of the molecule is Cc1ccc(Oc2nc(Oc3ccc(C)cc3)nc(C(F)(C(F)(F)F)C(F)(F)F)n2)cc1. The standard InChI is InChI=1S/C20H14F7N3O2/c1-11-3-7-13(8-4-11)31-16-28-15(18(21,19(22,23)24)20(25,26)27)29-17(30-16)32-14-9-5-12(2)6-10-14/h3-10H,1-2H3. The topological polar surface area (TPSA) is 57.1 Å². The number of halogens is 7. The van der Waals surface area contributed by atoms with E-state index < -0.39 is 35.9 Å². The number of benzene rings is 2. The Morgan fingerprint density at radius 1 is 0.562 bits per heavy atom. The van der Waals surface area contributed by atoms with E-state index in [0.29, 0.717) is 0 Å². The van der Waals surface area contributed by atoms with Gasteiger partial charge in [-0.3, -0.25) is 0 Å². The van der Waals surface area contributed by atoms with E-state index in [2.05, 4.69) is 15.0 Å². The van der Waals surface area contributed by atoms with Crippen LogP contribution in [0.4, 0.5) is 30.7 Å². The van der Waals surface area contributed by atoms with E-state index in [1.165, 1.54) is 24.3 Å². The first-order valence-corrected chi connectivity index (χ1v) is 8.87. The van der Waals surface area contributed by atoms with Crippen molar-refractivity contribution < 1.29 is 40.2 Å². The predicted octanol–water partition coefficient (Wildman–Crippen LogP) is 6.36. The number of aryl methyl sites for hydroxylation is 2. The number of hydrogen-bond acceptors (Lipinski definition) is 5. The van der Waals surface area contributed by atoms with Gasteiger partial charge in [0.25, 0.3) is 0 Å². The molecule has 0 bridgehead atoms. The Morgan fingerprint density at radius 2 is 0.906 bits per heavy atom. The van der Waals surface area contributed by atoms with E-state index in [-0.39, 0.29) is 11.5 Å². The lowest BCUT2D eigenvalue weighted by Crippen LogP contribution is -2.51. The van der Waals surface area contributed by atoms with Crippen molar-refractivity contribution in [1.29, 1.82) is 0 Å². The number of aromatic nitrogens is 3. The van der Waals surface area contributed by atoms with Crippen LogP contribution in [-0.2, 0) is 5.67 Å². The molecule has 0 aliphatic heterocycles. The summed E-state index contributed by atoms with van der Waals surface area (Å²) in [4.78, 5) is 9.52. The molecular weight excluding hydrogens is 447 g/mol. The lowest BCUT2D eigenvalue weighted by molar-refractivity contribution is -0.351. The Labute approximate surface area is 176 Å². The van der Waals surface area contributed by atoms with Crippen molar-refractivity contribution in [3.05, 3.63) is 65.5 Å². The molecule has 0 amide bonds. The molecule has 1 heterocycles. The summed E-state index contributed by atoms with van der Waals surface area (Å²) in [5, 5.41) is 0. The molecule has 0 aliphatic carbocycles. The van der Waals surface area contributed by atoms with Gasteiger partial charge in [-0.25, -0.2) is 4.39 Å². The number of ether oxygens (including phenoxy) is 2. The highest BCUT2D eigenvalue weighted by Gasteiger charge is 2.76. The Morgan fingerprint density at radius 3 is 1.22 bits per heavy atom. The zero-order valence-electron chi connectivity index (χ0n) is 16.4. The van der Waals surface area contributed by atoms with Crippen LogP contribution in [0.25, 0.3) is 0 Å². The average molecular weight is 461 g/mol. The molecule has 0 saturated heterocycles. The zero-order chi connectivity index (χ0) is 23.7. The maximum Gasteiger partial charge on any atom is 0.439 e. The molecule has 0 atom stereocenters. The molecule has 170 valence electrons. The molecular formula is C20H14F7N3O2. The van der Waals surface area contributed by atoms with Gasteiger partial charge < -0.3 is 9.47 Å². The van der Waals surface area contributed by atoms with Crippen molar-refractivity contribution in [2.75, 3.05) is 0 Å². The molecule has 3 aromatic rings. The van der Waals surface area contributed by atoms with Gasteiger partial charge in [0.05, 0.1) is 0 Å². The molecule has 0 N–H and O–H groups in total. The van der Waals surface area contributed by atoms with E-state index >= 15 is 0 Å². The van der Waals surface area contributed by atoms with Gasteiger partial charge in [-0.1, -0.05) is 35.4 Å². The van der Waals surface area contributed by atoms with Gasteiger partial charge in [0, 0.05) is 0 Å². The van der Waals surface area contributed by atoms with Crippen LogP contribution >= 0.6 is 0 Å². The smallest absolute Gasteiger partial charge is 0.424 e. The van der Waals surface area contributed by atoms with Crippen LogP contribution in [-0.4, -0.2) is 27.3 Å². The summed E-state index contributed by atoms with van der Waals surface area (Å²) in [6, 6.07) is 9.69. The Bertz CT molecular complexity index is 1000. The largest absolute Gasteiger partial charge is 0.439 e. The van der Waals surface area contributed by atoms with Gasteiger partial charge in [0.2, 0.25) is 0 Å². The zero-order valence-corrected chi connectivity index (χ0v) is 16.4. The summed E-state index contributed by atoms with van der Waals surface area (Å²) in [6.45, 7) is 3.48. The fraction of sp³-hybridized carbons (Fsp3) is 0.250. The molecule has 0 saturated carbocycles. The van der Waals surface area contributed by atoms with Crippen LogP contribution < -0.4 is 9.47 Å². The molecule has 5 nitrogen and oxygen atoms in total. The first-order chi connectivity index (χ1) is 14.8. The Balaban J connectivity index is 2.12. The van der Waals surface area contributed by atoms with Gasteiger partial charge in [-0.2, -0.15) is 36.3 Å². The summed E-state index contributed by atoms with van der Waals surface area (Å²) in [5.41, 5.74) is -4.29. The molecule has 12 heteroatoms. The minimum atomic E-state index is -6.42. The third-order valence-electron chi connectivity index (χ3n) is 4.14. The minimum absolute atomic E-state index is 0.0162. The van der Waals surface area contributed by atoms with Crippen molar-refractivity contribution in [2.24, 2.45) is 0 Å². The molecule has 0 aliphatic rings. The van der Waals surface area contributed by atoms with Crippen LogP contribution in [0.1, 0.15) is 17.0 Å². The van der Waals surface area contributed by atoms with Crippen molar-refractivity contribution in [1.82, 2.24) is 15.0 Å². The van der Waals surface area contributed by atoms with Crippen LogP contribution in [0.5, 0.6) is 23.5 Å². The number of nitrogens with zero attached hydrogens (tertiary/aromatic N) is 3. The number of rotatable bonds is 5. The molecule has 0 spiro atoms. The van der Waals surface area contributed by atoms with Crippen LogP contribution in [0, 0.1) is 13.8 Å². The highest BCUT2D eigenvalue weighted by atomic mass is 19.4. The summed E-state index contributed by atoms with van der Waals surface area (Å²) in [5.74, 6) is -2.30. The highest BCUT2D eigenvalue weighted by molar-refractivity contribution is 5.31. The highest BCUT2D eigenvalue weighted by Crippen LogP contribution is 2.52. The fourth-order valence-electron chi connectivity index (χ4n) is 2.42. The number of hydrogen-bond donors (Lipinski definition) is 0. The maximum atomic E-state index is 14.6. The Hall–Kier alpha value is -3.44. The van der Waals surface area contributed by atoms with Crippen molar-refractivity contribution in [3.63, 3.8) is 0 Å². The van der Waals surface area contributed by atoms with E-state index in [1.807, 2.05) is 0 Å². The molecule has 0 fully saturated rings.